The van der Waals surface area contributed by atoms with Crippen LogP contribution in [0.25, 0.3) is 0 Å². The molecule has 1 atom stereocenters. The van der Waals surface area contributed by atoms with Gasteiger partial charge in [-0.05, 0) is 23.1 Å². The molecule has 1 aliphatic rings. The lowest BCUT2D eigenvalue weighted by atomic mass is 10.4. The normalized spacial score (nSPS) is 24.2. The highest BCUT2D eigenvalue weighted by molar-refractivity contribution is 7.05. The van der Waals surface area contributed by atoms with E-state index in [0.29, 0.717) is 19.8 Å². The van der Waals surface area contributed by atoms with Gasteiger partial charge in [0.15, 0.2) is 0 Å². The van der Waals surface area contributed by atoms with Crippen LogP contribution in [0.4, 0.5) is 0 Å². The first-order valence-electron chi connectivity index (χ1n) is 3.55. The Kier molecular flexibility index (Phi) is 2.55. The first-order valence-corrected chi connectivity index (χ1v) is 4.70. The minimum atomic E-state index is -0.0799. The molecule has 1 aromatic heterocycles. The quantitative estimate of drug-likeness (QED) is 0.695. The Labute approximate surface area is 78.6 Å². The van der Waals surface area contributed by atoms with Crippen molar-refractivity contribution >= 4 is 23.1 Å². The van der Waals surface area contributed by atoms with Crippen molar-refractivity contribution in [2.24, 2.45) is 0 Å². The molecule has 1 aromatic rings. The van der Waals surface area contributed by atoms with Crippen molar-refractivity contribution in [2.75, 3.05) is 19.8 Å². The zero-order valence-electron chi connectivity index (χ0n) is 6.20. The molecular weight excluding hydrogens is 200 g/mol. The van der Waals surface area contributed by atoms with Crippen molar-refractivity contribution < 1.29 is 9.47 Å². The maximum atomic E-state index is 5.57. The minimum absolute atomic E-state index is 0.0799. The average Bonchev–Trinajstić information content (AvgIpc) is 2.54. The van der Waals surface area contributed by atoms with Crippen LogP contribution in [0.15, 0.2) is 0 Å². The Morgan fingerprint density at radius 2 is 2.42 bits per heavy atom. The van der Waals surface area contributed by atoms with Crippen molar-refractivity contribution in [2.45, 2.75) is 6.10 Å². The van der Waals surface area contributed by atoms with Crippen LogP contribution in [0.2, 0.25) is 5.28 Å². The summed E-state index contributed by atoms with van der Waals surface area (Å²) >= 11 is 6.83. The van der Waals surface area contributed by atoms with Crippen molar-refractivity contribution in [3.63, 3.8) is 0 Å². The summed E-state index contributed by atoms with van der Waals surface area (Å²) < 4.78 is 14.5. The Balaban J connectivity index is 2.08. The molecule has 4 nitrogen and oxygen atoms in total. The summed E-state index contributed by atoms with van der Waals surface area (Å²) in [6.07, 6.45) is -0.0799. The van der Waals surface area contributed by atoms with E-state index in [0.717, 1.165) is 5.01 Å². The molecule has 2 rings (SSSR count). The lowest BCUT2D eigenvalue weighted by Crippen LogP contribution is -2.21. The molecule has 1 unspecified atom stereocenters. The van der Waals surface area contributed by atoms with Gasteiger partial charge in [0.1, 0.15) is 11.1 Å². The number of halogens is 1. The van der Waals surface area contributed by atoms with E-state index in [1.807, 2.05) is 0 Å². The molecule has 0 bridgehead atoms. The molecule has 0 radical (unpaired) electrons. The summed E-state index contributed by atoms with van der Waals surface area (Å²) in [5.74, 6) is 0. The third kappa shape index (κ3) is 1.74. The molecule has 1 saturated heterocycles. The molecular formula is C6H7ClN2O2S. The van der Waals surface area contributed by atoms with Crippen LogP contribution in [0.3, 0.4) is 0 Å². The number of nitrogens with zero attached hydrogens (tertiary/aromatic N) is 2. The van der Waals surface area contributed by atoms with Gasteiger partial charge in [-0.2, -0.15) is 4.37 Å². The van der Waals surface area contributed by atoms with Gasteiger partial charge in [0.2, 0.25) is 5.28 Å². The van der Waals surface area contributed by atoms with Gasteiger partial charge in [0.25, 0.3) is 0 Å². The highest BCUT2D eigenvalue weighted by Crippen LogP contribution is 2.23. The molecule has 2 heterocycles. The summed E-state index contributed by atoms with van der Waals surface area (Å²) in [7, 11) is 0. The number of ether oxygens (including phenoxy) is 2. The van der Waals surface area contributed by atoms with Crippen molar-refractivity contribution in [1.29, 1.82) is 0 Å². The first kappa shape index (κ1) is 8.37. The molecule has 1 fully saturated rings. The van der Waals surface area contributed by atoms with E-state index >= 15 is 0 Å². The highest BCUT2D eigenvalue weighted by atomic mass is 35.5. The average molecular weight is 207 g/mol. The summed E-state index contributed by atoms with van der Waals surface area (Å²) in [5.41, 5.74) is 0. The maximum Gasteiger partial charge on any atom is 0.234 e. The van der Waals surface area contributed by atoms with E-state index in [9.17, 15) is 0 Å². The van der Waals surface area contributed by atoms with Crippen LogP contribution in [-0.4, -0.2) is 29.2 Å². The molecule has 0 spiro atoms. The van der Waals surface area contributed by atoms with Gasteiger partial charge in [-0.3, -0.25) is 0 Å². The van der Waals surface area contributed by atoms with Crippen LogP contribution in [0, 0.1) is 0 Å². The fourth-order valence-corrected chi connectivity index (χ4v) is 1.81. The predicted molar refractivity (Wildman–Crippen MR) is 44.4 cm³/mol. The van der Waals surface area contributed by atoms with Crippen LogP contribution in [-0.2, 0) is 9.47 Å². The minimum Gasteiger partial charge on any atom is -0.376 e. The predicted octanol–water partition coefficient (Wildman–Crippen LogP) is 1.28. The molecule has 12 heavy (non-hydrogen) atoms. The van der Waals surface area contributed by atoms with E-state index in [1.54, 1.807) is 0 Å². The van der Waals surface area contributed by atoms with Gasteiger partial charge in [-0.1, -0.05) is 0 Å². The third-order valence-electron chi connectivity index (χ3n) is 1.51. The van der Waals surface area contributed by atoms with Crippen LogP contribution >= 0.6 is 23.1 Å². The van der Waals surface area contributed by atoms with Crippen molar-refractivity contribution in [3.8, 4) is 0 Å². The Hall–Kier alpha value is -0.230. The Bertz CT molecular complexity index is 262. The second-order valence-corrected chi connectivity index (χ2v) is 3.46. The zero-order valence-corrected chi connectivity index (χ0v) is 7.77. The smallest absolute Gasteiger partial charge is 0.234 e. The van der Waals surface area contributed by atoms with Gasteiger partial charge in [-0.15, -0.1) is 0 Å². The zero-order chi connectivity index (χ0) is 8.39. The number of hydrogen-bond donors (Lipinski definition) is 0. The summed E-state index contributed by atoms with van der Waals surface area (Å²) in [5, 5.41) is 1.07. The van der Waals surface area contributed by atoms with Crippen LogP contribution < -0.4 is 0 Å². The first-order chi connectivity index (χ1) is 5.86. The third-order valence-corrected chi connectivity index (χ3v) is 2.58. The largest absolute Gasteiger partial charge is 0.376 e. The fourth-order valence-electron chi connectivity index (χ4n) is 0.977. The van der Waals surface area contributed by atoms with Gasteiger partial charge in [0, 0.05) is 0 Å². The lowest BCUT2D eigenvalue weighted by molar-refractivity contribution is -0.0901. The lowest BCUT2D eigenvalue weighted by Gasteiger charge is -2.20. The molecule has 0 aromatic carbocycles. The van der Waals surface area contributed by atoms with Gasteiger partial charge < -0.3 is 9.47 Å². The van der Waals surface area contributed by atoms with Crippen LogP contribution in [0.1, 0.15) is 11.1 Å². The summed E-state index contributed by atoms with van der Waals surface area (Å²) in [6.45, 7) is 1.82. The molecule has 6 heteroatoms. The molecule has 0 aliphatic carbocycles. The molecule has 66 valence electrons. The van der Waals surface area contributed by atoms with E-state index in [2.05, 4.69) is 9.36 Å². The van der Waals surface area contributed by atoms with E-state index in [1.165, 1.54) is 11.5 Å². The summed E-state index contributed by atoms with van der Waals surface area (Å²) in [6, 6.07) is 0. The Morgan fingerprint density at radius 3 is 3.00 bits per heavy atom. The van der Waals surface area contributed by atoms with E-state index in [-0.39, 0.29) is 11.4 Å². The number of aromatic nitrogens is 2. The Morgan fingerprint density at radius 1 is 1.50 bits per heavy atom. The van der Waals surface area contributed by atoms with Crippen molar-refractivity contribution in [1.82, 2.24) is 9.36 Å². The standard InChI is InChI=1S/C6H7ClN2O2S/c7-6-8-5(12-9-6)4-3-10-1-2-11-4/h4H,1-3H2. The SMILES string of the molecule is Clc1nsc(C2COCCO2)n1. The van der Waals surface area contributed by atoms with Gasteiger partial charge in [0.05, 0.1) is 19.8 Å². The monoisotopic (exact) mass is 206 g/mol. The molecule has 1 aliphatic heterocycles. The fraction of sp³-hybridized carbons (Fsp3) is 0.667. The topological polar surface area (TPSA) is 44.2 Å². The van der Waals surface area contributed by atoms with Crippen LogP contribution in [0.5, 0.6) is 0 Å². The van der Waals surface area contributed by atoms with Crippen molar-refractivity contribution in [3.05, 3.63) is 10.3 Å². The molecule has 0 saturated carbocycles. The maximum absolute atomic E-state index is 5.57. The molecule has 0 amide bonds. The second kappa shape index (κ2) is 3.66. The van der Waals surface area contributed by atoms with Gasteiger partial charge in [-0.25, -0.2) is 4.98 Å². The number of hydrogen-bond acceptors (Lipinski definition) is 5. The van der Waals surface area contributed by atoms with E-state index in [4.69, 9.17) is 21.1 Å². The van der Waals surface area contributed by atoms with Gasteiger partial charge >= 0.3 is 0 Å². The molecule has 0 N–H and O–H groups in total. The summed E-state index contributed by atoms with van der Waals surface area (Å²) in [4.78, 5) is 4.00. The van der Waals surface area contributed by atoms with E-state index < -0.39 is 0 Å². The highest BCUT2D eigenvalue weighted by Gasteiger charge is 2.20. The second-order valence-electron chi connectivity index (χ2n) is 2.34. The number of rotatable bonds is 1.